The Labute approximate surface area is 157 Å². The number of hydrogen-bond donors (Lipinski definition) is 3. The van der Waals surface area contributed by atoms with Gasteiger partial charge >= 0.3 is 5.97 Å². The summed E-state index contributed by atoms with van der Waals surface area (Å²) in [7, 11) is 0. The van der Waals surface area contributed by atoms with Crippen LogP contribution < -0.4 is 11.1 Å². The van der Waals surface area contributed by atoms with Crippen LogP contribution in [0.1, 0.15) is 34.6 Å². The first-order valence-corrected chi connectivity index (χ1v) is 8.27. The molecule has 0 aliphatic carbocycles. The highest BCUT2D eigenvalue weighted by Crippen LogP contribution is 1.99. The molecule has 0 radical (unpaired) electrons. The van der Waals surface area contributed by atoms with Gasteiger partial charge in [0.05, 0.1) is 6.04 Å². The number of nitrogens with one attached hydrogen (secondary N) is 1. The molecule has 0 saturated heterocycles. The van der Waals surface area contributed by atoms with Crippen LogP contribution in [0.3, 0.4) is 0 Å². The summed E-state index contributed by atoms with van der Waals surface area (Å²) in [5, 5.41) is 10.6. The quantitative estimate of drug-likeness (QED) is 0.576. The molecule has 2 atom stereocenters. The predicted octanol–water partition coefficient (Wildman–Crippen LogP) is 3.68. The van der Waals surface area contributed by atoms with Crippen molar-refractivity contribution < 1.29 is 14.7 Å². The molecule has 26 heavy (non-hydrogen) atoms. The van der Waals surface area contributed by atoms with E-state index in [9.17, 15) is 9.59 Å². The number of carboxylic acids is 1. The molecule has 0 aliphatic heterocycles. The summed E-state index contributed by atoms with van der Waals surface area (Å²) in [6, 6.07) is -1.55. The molecule has 5 nitrogen and oxygen atoms in total. The lowest BCUT2D eigenvalue weighted by Crippen LogP contribution is -2.45. The lowest BCUT2D eigenvalue weighted by atomic mass is 10.2. The molecule has 4 N–H and O–H groups in total. The Morgan fingerprint density at radius 1 is 1.08 bits per heavy atom. The fraction of sp³-hybridized carbons (Fsp3) is 0.333. The van der Waals surface area contributed by atoms with Crippen LogP contribution in [0.5, 0.6) is 0 Å². The fourth-order valence-corrected chi connectivity index (χ4v) is 1.25. The zero-order valence-corrected chi connectivity index (χ0v) is 16.5. The van der Waals surface area contributed by atoms with Crippen LogP contribution in [-0.2, 0) is 9.59 Å². The lowest BCUT2D eigenvalue weighted by molar-refractivity contribution is -0.141. The molecular weight excluding hydrogens is 328 g/mol. The fourth-order valence-electron chi connectivity index (χ4n) is 1.25. The number of amides is 1. The molecule has 0 fully saturated rings. The molecule has 0 spiro atoms. The molecule has 0 aromatic rings. The summed E-state index contributed by atoms with van der Waals surface area (Å²) in [5.41, 5.74) is 8.61. The van der Waals surface area contributed by atoms with Crippen LogP contribution in [0.25, 0.3) is 0 Å². The van der Waals surface area contributed by atoms with Crippen LogP contribution in [0.2, 0.25) is 0 Å². The van der Waals surface area contributed by atoms with Crippen molar-refractivity contribution in [2.24, 2.45) is 5.73 Å². The van der Waals surface area contributed by atoms with Crippen LogP contribution in [0.4, 0.5) is 0 Å². The summed E-state index contributed by atoms with van der Waals surface area (Å²) in [6.45, 7) is 16.5. The third-order valence-corrected chi connectivity index (χ3v) is 2.86. The number of carboxylic acid groups (broad SMARTS) is 1. The van der Waals surface area contributed by atoms with Gasteiger partial charge in [-0.2, -0.15) is 0 Å². The van der Waals surface area contributed by atoms with Crippen LogP contribution in [-0.4, -0.2) is 29.1 Å². The second kappa shape index (κ2) is 14.7. The van der Waals surface area contributed by atoms with Gasteiger partial charge in [0.2, 0.25) is 5.91 Å². The zero-order chi connectivity index (χ0) is 20.7. The first-order valence-electron chi connectivity index (χ1n) is 8.27. The van der Waals surface area contributed by atoms with Gasteiger partial charge < -0.3 is 16.2 Å². The number of hydrogen-bond acceptors (Lipinski definition) is 3. The Bertz CT molecular complexity index is 605. The first-order chi connectivity index (χ1) is 12.0. The average Bonchev–Trinajstić information content (AvgIpc) is 2.54. The van der Waals surface area contributed by atoms with E-state index in [1.54, 1.807) is 6.08 Å². The van der Waals surface area contributed by atoms with E-state index in [2.05, 4.69) is 57.5 Å². The minimum absolute atomic E-state index is 0.458. The Hall–Kier alpha value is -2.66. The summed E-state index contributed by atoms with van der Waals surface area (Å²) in [6.07, 6.45) is 13.9. The van der Waals surface area contributed by atoms with Crippen LogP contribution in [0, 0.1) is 0 Å². The van der Waals surface area contributed by atoms with Gasteiger partial charge in [-0.25, -0.2) is 0 Å². The molecule has 5 heteroatoms. The summed E-state index contributed by atoms with van der Waals surface area (Å²) < 4.78 is 0. The lowest BCUT2D eigenvalue weighted by Gasteiger charge is -2.10. The monoisotopic (exact) mass is 360 g/mol. The number of carbonyl (C=O) groups excluding carboxylic acids is 1. The molecular formula is C21H32N2O3. The summed E-state index contributed by atoms with van der Waals surface area (Å²) in [5.74, 6) is -1.53. The molecule has 0 aromatic carbocycles. The van der Waals surface area contributed by atoms with E-state index in [-0.39, 0.29) is 0 Å². The Balaban J connectivity index is 0. The molecule has 144 valence electrons. The maximum Gasteiger partial charge on any atom is 0.325 e. The zero-order valence-electron chi connectivity index (χ0n) is 16.5. The van der Waals surface area contributed by atoms with Crippen molar-refractivity contribution in [2.75, 3.05) is 0 Å². The average molecular weight is 360 g/mol. The molecule has 0 aromatic heterocycles. The minimum atomic E-state index is -1.07. The van der Waals surface area contributed by atoms with Gasteiger partial charge in [-0.1, -0.05) is 66.8 Å². The number of rotatable bonds is 8. The van der Waals surface area contributed by atoms with Crippen LogP contribution >= 0.6 is 0 Å². The predicted molar refractivity (Wildman–Crippen MR) is 110 cm³/mol. The highest BCUT2D eigenvalue weighted by Gasteiger charge is 2.15. The Kier molecular flexibility index (Phi) is 14.4. The molecule has 0 rings (SSSR count). The van der Waals surface area contributed by atoms with E-state index in [1.165, 1.54) is 25.0 Å². The molecule has 0 bridgehead atoms. The Morgan fingerprint density at radius 2 is 1.62 bits per heavy atom. The van der Waals surface area contributed by atoms with Crippen molar-refractivity contribution in [2.45, 2.75) is 46.7 Å². The standard InChI is InChI=1S/C15H20.C6H12N2O3/c1-6-14(4)10-8-12-15(5)11-7-9-13(2)3;1-3(7)5(9)8-4(2)6(10)11/h6-12H,1,4H2,2-3,5H3;3-4H,7H2,1-2H3,(H,8,9)(H,10,11)/b10-8+,11-7+,15-12+;/t;3-,4?/m.0/s1. The second-order valence-electron chi connectivity index (χ2n) is 6.01. The molecule has 0 aliphatic rings. The van der Waals surface area contributed by atoms with Gasteiger partial charge in [0.25, 0.3) is 0 Å². The van der Waals surface area contributed by atoms with Gasteiger partial charge in [0.1, 0.15) is 6.04 Å². The SMILES string of the molecule is C=CC(=C)/C=C/C=C(C)/C=C/C=C(C)C.CC(NC(=O)[C@H](C)N)C(=O)O. The summed E-state index contributed by atoms with van der Waals surface area (Å²) in [4.78, 5) is 21.0. The molecule has 1 unspecified atom stereocenters. The van der Waals surface area contributed by atoms with Crippen molar-refractivity contribution in [1.29, 1.82) is 0 Å². The van der Waals surface area contributed by atoms with E-state index in [0.717, 1.165) is 5.57 Å². The molecule has 0 saturated carbocycles. The van der Waals surface area contributed by atoms with E-state index in [0.29, 0.717) is 0 Å². The van der Waals surface area contributed by atoms with Crippen molar-refractivity contribution in [3.05, 3.63) is 72.4 Å². The van der Waals surface area contributed by atoms with Gasteiger partial charge in [-0.3, -0.25) is 9.59 Å². The van der Waals surface area contributed by atoms with E-state index >= 15 is 0 Å². The van der Waals surface area contributed by atoms with E-state index < -0.39 is 24.0 Å². The largest absolute Gasteiger partial charge is 0.480 e. The van der Waals surface area contributed by atoms with Gasteiger partial charge in [-0.15, -0.1) is 0 Å². The first kappa shape index (κ1) is 25.6. The third kappa shape index (κ3) is 16.2. The van der Waals surface area contributed by atoms with Gasteiger partial charge in [0, 0.05) is 0 Å². The topological polar surface area (TPSA) is 92.4 Å². The highest BCUT2D eigenvalue weighted by molar-refractivity contribution is 5.86. The smallest absolute Gasteiger partial charge is 0.325 e. The second-order valence-corrected chi connectivity index (χ2v) is 6.01. The van der Waals surface area contributed by atoms with Crippen molar-refractivity contribution in [3.8, 4) is 0 Å². The third-order valence-electron chi connectivity index (χ3n) is 2.86. The summed E-state index contributed by atoms with van der Waals surface area (Å²) >= 11 is 0. The molecule has 0 heterocycles. The Morgan fingerprint density at radius 3 is 2.04 bits per heavy atom. The normalized spacial score (nSPS) is 13.4. The van der Waals surface area contributed by atoms with E-state index in [4.69, 9.17) is 10.8 Å². The number of allylic oxidation sites excluding steroid dienone is 10. The highest BCUT2D eigenvalue weighted by atomic mass is 16.4. The number of aliphatic carboxylic acids is 1. The minimum Gasteiger partial charge on any atom is -0.480 e. The van der Waals surface area contributed by atoms with Crippen molar-refractivity contribution in [3.63, 3.8) is 0 Å². The number of nitrogens with two attached hydrogens (primary N) is 1. The maximum atomic E-state index is 10.8. The number of carbonyl (C=O) groups is 2. The maximum absolute atomic E-state index is 10.8. The van der Waals surface area contributed by atoms with E-state index in [1.807, 2.05) is 18.2 Å². The molecule has 1 amide bonds. The van der Waals surface area contributed by atoms with Crippen molar-refractivity contribution in [1.82, 2.24) is 5.32 Å². The van der Waals surface area contributed by atoms with Crippen molar-refractivity contribution >= 4 is 11.9 Å². The van der Waals surface area contributed by atoms with Crippen LogP contribution in [0.15, 0.2) is 72.4 Å². The van der Waals surface area contributed by atoms with Gasteiger partial charge in [0.15, 0.2) is 0 Å². The van der Waals surface area contributed by atoms with Gasteiger partial charge in [-0.05, 0) is 40.2 Å².